The van der Waals surface area contributed by atoms with Crippen molar-refractivity contribution < 1.29 is 4.42 Å². The minimum Gasteiger partial charge on any atom is -0.465 e. The first kappa shape index (κ1) is 9.46. The standard InChI is InChI=1S/C13H19NO/c1-8-5-10(8)12-3-4-13(15-12)11-6-9(11)7-14-2/h3-4,8-11,14H,5-7H2,1-2H3. The van der Waals surface area contributed by atoms with E-state index in [2.05, 4.69) is 24.4 Å². The minimum absolute atomic E-state index is 0.695. The molecule has 2 saturated carbocycles. The Balaban J connectivity index is 1.65. The summed E-state index contributed by atoms with van der Waals surface area (Å²) in [6.45, 7) is 3.42. The predicted molar refractivity (Wildman–Crippen MR) is 60.0 cm³/mol. The molecule has 15 heavy (non-hydrogen) atoms. The highest BCUT2D eigenvalue weighted by molar-refractivity contribution is 5.23. The molecule has 0 saturated heterocycles. The fraction of sp³-hybridized carbons (Fsp3) is 0.692. The molecule has 3 rings (SSSR count). The lowest BCUT2D eigenvalue weighted by molar-refractivity contribution is 0.456. The Morgan fingerprint density at radius 3 is 2.53 bits per heavy atom. The summed E-state index contributed by atoms with van der Waals surface area (Å²) in [6, 6.07) is 4.39. The van der Waals surface area contributed by atoms with Gasteiger partial charge in [0.2, 0.25) is 0 Å². The highest BCUT2D eigenvalue weighted by Gasteiger charge is 2.42. The van der Waals surface area contributed by atoms with Crippen LogP contribution in [0.1, 0.15) is 43.1 Å². The van der Waals surface area contributed by atoms with Gasteiger partial charge in [0.05, 0.1) is 0 Å². The molecule has 0 radical (unpaired) electrons. The molecule has 0 aromatic carbocycles. The van der Waals surface area contributed by atoms with Crippen molar-refractivity contribution >= 4 is 0 Å². The topological polar surface area (TPSA) is 25.2 Å². The zero-order chi connectivity index (χ0) is 10.4. The number of hydrogen-bond acceptors (Lipinski definition) is 2. The smallest absolute Gasteiger partial charge is 0.107 e. The van der Waals surface area contributed by atoms with Crippen molar-refractivity contribution in [3.8, 4) is 0 Å². The Morgan fingerprint density at radius 2 is 1.93 bits per heavy atom. The lowest BCUT2D eigenvalue weighted by atomic mass is 10.2. The Morgan fingerprint density at radius 1 is 1.27 bits per heavy atom. The van der Waals surface area contributed by atoms with Crippen LogP contribution in [0.15, 0.2) is 16.5 Å². The second-order valence-corrected chi connectivity index (χ2v) is 5.22. The number of rotatable bonds is 4. The third kappa shape index (κ3) is 1.71. The zero-order valence-electron chi connectivity index (χ0n) is 9.49. The van der Waals surface area contributed by atoms with Crippen molar-refractivity contribution in [3.63, 3.8) is 0 Å². The van der Waals surface area contributed by atoms with Gasteiger partial charge in [-0.3, -0.25) is 0 Å². The highest BCUT2D eigenvalue weighted by atomic mass is 16.3. The van der Waals surface area contributed by atoms with Crippen LogP contribution >= 0.6 is 0 Å². The maximum Gasteiger partial charge on any atom is 0.107 e. The normalized spacial score (nSPS) is 38.0. The van der Waals surface area contributed by atoms with Crippen LogP contribution in [-0.4, -0.2) is 13.6 Å². The summed E-state index contributed by atoms with van der Waals surface area (Å²) in [6.07, 6.45) is 2.62. The SMILES string of the molecule is CNCC1CC1c1ccc(C2CC2C)o1. The van der Waals surface area contributed by atoms with Crippen LogP contribution in [0.2, 0.25) is 0 Å². The van der Waals surface area contributed by atoms with Gasteiger partial charge in [-0.25, -0.2) is 0 Å². The van der Waals surface area contributed by atoms with Gasteiger partial charge in [0.15, 0.2) is 0 Å². The molecule has 1 aromatic heterocycles. The van der Waals surface area contributed by atoms with Crippen molar-refractivity contribution in [3.05, 3.63) is 23.7 Å². The summed E-state index contributed by atoms with van der Waals surface area (Å²) in [7, 11) is 2.02. The fourth-order valence-corrected chi connectivity index (χ4v) is 2.57. The van der Waals surface area contributed by atoms with E-state index in [0.29, 0.717) is 5.92 Å². The van der Waals surface area contributed by atoms with E-state index in [0.717, 1.165) is 24.3 Å². The molecule has 1 heterocycles. The second-order valence-electron chi connectivity index (χ2n) is 5.22. The van der Waals surface area contributed by atoms with E-state index in [9.17, 15) is 0 Å². The molecule has 2 nitrogen and oxygen atoms in total. The lowest BCUT2D eigenvalue weighted by Crippen LogP contribution is -2.09. The average Bonchev–Trinajstić information content (AvgIpc) is 3.10. The first-order chi connectivity index (χ1) is 7.29. The maximum absolute atomic E-state index is 5.95. The third-order valence-electron chi connectivity index (χ3n) is 3.88. The molecule has 0 spiro atoms. The van der Waals surface area contributed by atoms with Crippen LogP contribution < -0.4 is 5.32 Å². The summed E-state index contributed by atoms with van der Waals surface area (Å²) < 4.78 is 5.95. The van der Waals surface area contributed by atoms with E-state index >= 15 is 0 Å². The van der Waals surface area contributed by atoms with E-state index in [1.807, 2.05) is 7.05 Å². The van der Waals surface area contributed by atoms with E-state index in [4.69, 9.17) is 4.42 Å². The minimum atomic E-state index is 0.695. The van der Waals surface area contributed by atoms with E-state index in [1.54, 1.807) is 0 Å². The number of nitrogens with one attached hydrogen (secondary N) is 1. The zero-order valence-corrected chi connectivity index (χ0v) is 9.49. The molecule has 4 unspecified atom stereocenters. The molecule has 2 aliphatic carbocycles. The van der Waals surface area contributed by atoms with Crippen molar-refractivity contribution in [1.29, 1.82) is 0 Å². The molecule has 4 atom stereocenters. The van der Waals surface area contributed by atoms with Crippen LogP contribution in [0.5, 0.6) is 0 Å². The third-order valence-corrected chi connectivity index (χ3v) is 3.88. The van der Waals surface area contributed by atoms with Crippen molar-refractivity contribution in [2.45, 2.75) is 31.6 Å². The highest BCUT2D eigenvalue weighted by Crippen LogP contribution is 2.51. The van der Waals surface area contributed by atoms with Crippen LogP contribution in [0.3, 0.4) is 0 Å². The van der Waals surface area contributed by atoms with Crippen molar-refractivity contribution in [1.82, 2.24) is 5.32 Å². The van der Waals surface area contributed by atoms with Gasteiger partial charge < -0.3 is 9.73 Å². The number of furan rings is 1. The fourth-order valence-electron chi connectivity index (χ4n) is 2.57. The average molecular weight is 205 g/mol. The summed E-state index contributed by atoms with van der Waals surface area (Å²) in [5, 5.41) is 3.24. The molecule has 2 fully saturated rings. The first-order valence-corrected chi connectivity index (χ1v) is 6.04. The van der Waals surface area contributed by atoms with Gasteiger partial charge in [0, 0.05) is 11.8 Å². The molecular weight excluding hydrogens is 186 g/mol. The van der Waals surface area contributed by atoms with Crippen LogP contribution in [0.4, 0.5) is 0 Å². The van der Waals surface area contributed by atoms with Crippen molar-refractivity contribution in [2.75, 3.05) is 13.6 Å². The monoisotopic (exact) mass is 205 g/mol. The molecule has 0 amide bonds. The summed E-state index contributed by atoms with van der Waals surface area (Å²) in [5.74, 6) is 5.53. The molecule has 2 aliphatic rings. The van der Waals surface area contributed by atoms with E-state index in [-0.39, 0.29) is 0 Å². The van der Waals surface area contributed by atoms with Crippen LogP contribution in [-0.2, 0) is 0 Å². The van der Waals surface area contributed by atoms with Crippen LogP contribution in [0.25, 0.3) is 0 Å². The molecule has 1 aromatic rings. The van der Waals surface area contributed by atoms with Gasteiger partial charge in [-0.15, -0.1) is 0 Å². The summed E-state index contributed by atoms with van der Waals surface area (Å²) in [4.78, 5) is 0. The van der Waals surface area contributed by atoms with Gasteiger partial charge in [-0.05, 0) is 50.4 Å². The Kier molecular flexibility index (Phi) is 2.13. The van der Waals surface area contributed by atoms with E-state index in [1.165, 1.54) is 24.4 Å². The Labute approximate surface area is 91.0 Å². The second kappa shape index (κ2) is 3.38. The summed E-state index contributed by atoms with van der Waals surface area (Å²) >= 11 is 0. The van der Waals surface area contributed by atoms with Gasteiger partial charge in [-0.1, -0.05) is 6.92 Å². The van der Waals surface area contributed by atoms with E-state index < -0.39 is 0 Å². The van der Waals surface area contributed by atoms with Crippen LogP contribution in [0, 0.1) is 11.8 Å². The molecule has 82 valence electrons. The molecule has 1 N–H and O–H groups in total. The van der Waals surface area contributed by atoms with Crippen molar-refractivity contribution in [2.24, 2.45) is 11.8 Å². The largest absolute Gasteiger partial charge is 0.465 e. The lowest BCUT2D eigenvalue weighted by Gasteiger charge is -1.96. The Hall–Kier alpha value is -0.760. The molecule has 0 bridgehead atoms. The van der Waals surface area contributed by atoms with Gasteiger partial charge in [0.25, 0.3) is 0 Å². The number of hydrogen-bond donors (Lipinski definition) is 1. The Bertz CT molecular complexity index is 357. The van der Waals surface area contributed by atoms with Gasteiger partial charge >= 0.3 is 0 Å². The maximum atomic E-state index is 5.95. The molecular formula is C13H19NO. The quantitative estimate of drug-likeness (QED) is 0.817. The van der Waals surface area contributed by atoms with Gasteiger partial charge in [0.1, 0.15) is 11.5 Å². The first-order valence-electron chi connectivity index (χ1n) is 6.04. The summed E-state index contributed by atoms with van der Waals surface area (Å²) in [5.41, 5.74) is 0. The molecule has 0 aliphatic heterocycles. The predicted octanol–water partition coefficient (Wildman–Crippen LogP) is 2.73. The van der Waals surface area contributed by atoms with Gasteiger partial charge in [-0.2, -0.15) is 0 Å². The molecule has 2 heteroatoms.